The van der Waals surface area contributed by atoms with E-state index in [4.69, 9.17) is 0 Å². The minimum atomic E-state index is -0.118. The second-order valence-corrected chi connectivity index (χ2v) is 6.63. The largest absolute Gasteiger partial charge is 0.370 e. The number of aromatic nitrogens is 1. The van der Waals surface area contributed by atoms with Crippen LogP contribution in [0.3, 0.4) is 0 Å². The number of anilines is 2. The molecule has 5 heteroatoms. The zero-order valence-corrected chi connectivity index (χ0v) is 16.3. The van der Waals surface area contributed by atoms with E-state index in [0.717, 1.165) is 55.0 Å². The molecule has 0 aliphatic rings. The lowest BCUT2D eigenvalue weighted by Crippen LogP contribution is -2.17. The van der Waals surface area contributed by atoms with Gasteiger partial charge >= 0.3 is 0 Å². The van der Waals surface area contributed by atoms with Gasteiger partial charge in [-0.3, -0.25) is 4.79 Å². The average molecular weight is 354 g/mol. The molecule has 26 heavy (non-hydrogen) atoms. The van der Waals surface area contributed by atoms with Gasteiger partial charge in [0.15, 0.2) is 0 Å². The number of benzene rings is 1. The number of amides is 1. The fourth-order valence-corrected chi connectivity index (χ4v) is 2.83. The summed E-state index contributed by atoms with van der Waals surface area (Å²) in [4.78, 5) is 19.1. The first-order chi connectivity index (χ1) is 12.5. The lowest BCUT2D eigenvalue weighted by Gasteiger charge is -2.14. The predicted molar refractivity (Wildman–Crippen MR) is 109 cm³/mol. The van der Waals surface area contributed by atoms with E-state index in [-0.39, 0.29) is 5.91 Å². The van der Waals surface area contributed by atoms with Crippen molar-refractivity contribution in [1.82, 2.24) is 9.88 Å². The number of aryl methyl sites for hydroxylation is 2. The van der Waals surface area contributed by atoms with Crippen molar-refractivity contribution in [2.45, 2.75) is 33.1 Å². The highest BCUT2D eigenvalue weighted by Crippen LogP contribution is 2.23. The van der Waals surface area contributed by atoms with Gasteiger partial charge in [-0.25, -0.2) is 4.98 Å². The van der Waals surface area contributed by atoms with Crippen LogP contribution in [-0.4, -0.2) is 43.0 Å². The molecule has 1 heterocycles. The van der Waals surface area contributed by atoms with Crippen LogP contribution in [0.4, 0.5) is 11.5 Å². The number of carbonyl (C=O) groups is 1. The van der Waals surface area contributed by atoms with Crippen molar-refractivity contribution in [3.8, 4) is 0 Å². The summed E-state index contributed by atoms with van der Waals surface area (Å²) in [7, 11) is 4.12. The summed E-state index contributed by atoms with van der Waals surface area (Å²) in [5.41, 5.74) is 3.82. The lowest BCUT2D eigenvalue weighted by molar-refractivity contribution is 0.102. The number of hydrogen-bond donors (Lipinski definition) is 2. The van der Waals surface area contributed by atoms with E-state index in [1.54, 1.807) is 6.20 Å². The molecular weight excluding hydrogens is 324 g/mol. The van der Waals surface area contributed by atoms with Crippen LogP contribution in [0.25, 0.3) is 0 Å². The maximum absolute atomic E-state index is 12.6. The minimum Gasteiger partial charge on any atom is -0.370 e. The number of para-hydroxylation sites is 1. The van der Waals surface area contributed by atoms with Gasteiger partial charge in [0.2, 0.25) is 0 Å². The van der Waals surface area contributed by atoms with Crippen molar-refractivity contribution in [3.05, 3.63) is 53.2 Å². The van der Waals surface area contributed by atoms with Gasteiger partial charge in [-0.15, -0.1) is 0 Å². The molecule has 2 aromatic rings. The molecule has 0 unspecified atom stereocenters. The monoisotopic (exact) mass is 354 g/mol. The molecule has 2 N–H and O–H groups in total. The van der Waals surface area contributed by atoms with Crippen LogP contribution in [-0.2, 0) is 12.8 Å². The van der Waals surface area contributed by atoms with E-state index in [0.29, 0.717) is 5.56 Å². The minimum absolute atomic E-state index is 0.118. The second kappa shape index (κ2) is 9.92. The number of nitrogens with zero attached hydrogens (tertiary/aromatic N) is 2. The molecule has 1 aromatic heterocycles. The van der Waals surface area contributed by atoms with Crippen LogP contribution in [0, 0.1) is 0 Å². The van der Waals surface area contributed by atoms with Crippen molar-refractivity contribution in [3.63, 3.8) is 0 Å². The maximum Gasteiger partial charge on any atom is 0.257 e. The van der Waals surface area contributed by atoms with Crippen LogP contribution in [0.2, 0.25) is 0 Å². The van der Waals surface area contributed by atoms with E-state index in [2.05, 4.69) is 60.6 Å². The summed E-state index contributed by atoms with van der Waals surface area (Å²) in [6.07, 6.45) is 4.45. The zero-order valence-electron chi connectivity index (χ0n) is 16.3. The van der Waals surface area contributed by atoms with Crippen LogP contribution in [0.15, 0.2) is 36.5 Å². The molecule has 5 nitrogen and oxygen atoms in total. The summed E-state index contributed by atoms with van der Waals surface area (Å²) < 4.78 is 0. The number of hydrogen-bond acceptors (Lipinski definition) is 4. The summed E-state index contributed by atoms with van der Waals surface area (Å²) in [5.74, 6) is 0.677. The quantitative estimate of drug-likeness (QED) is 0.672. The maximum atomic E-state index is 12.6. The van der Waals surface area contributed by atoms with Crippen molar-refractivity contribution >= 4 is 17.4 Å². The van der Waals surface area contributed by atoms with Gasteiger partial charge in [0.1, 0.15) is 5.82 Å². The van der Waals surface area contributed by atoms with Gasteiger partial charge in [0, 0.05) is 18.4 Å². The highest BCUT2D eigenvalue weighted by Gasteiger charge is 2.12. The third kappa shape index (κ3) is 5.56. The highest BCUT2D eigenvalue weighted by molar-refractivity contribution is 6.05. The molecule has 2 rings (SSSR count). The molecule has 0 fully saturated rings. The molecule has 0 atom stereocenters. The third-order valence-corrected chi connectivity index (χ3v) is 4.35. The van der Waals surface area contributed by atoms with E-state index in [9.17, 15) is 4.79 Å². The molecule has 0 bridgehead atoms. The molecular formula is C21H30N4O. The molecule has 140 valence electrons. The van der Waals surface area contributed by atoms with Crippen LogP contribution in [0.5, 0.6) is 0 Å². The Kier molecular flexibility index (Phi) is 7.60. The molecule has 0 aliphatic carbocycles. The Bertz CT molecular complexity index is 688. The standard InChI is InChI=1S/C21H30N4O/c1-5-16-9-7-10-17(6-2)20(16)24-21(26)18-11-12-19(23-15-18)22-13-8-14-25(3)4/h7,9-12,15H,5-6,8,13-14H2,1-4H3,(H,22,23)(H,24,26). The van der Waals surface area contributed by atoms with Crippen LogP contribution in [0.1, 0.15) is 41.8 Å². The summed E-state index contributed by atoms with van der Waals surface area (Å²) in [6, 6.07) is 9.85. The Hall–Kier alpha value is -2.40. The molecule has 0 aliphatic heterocycles. The van der Waals surface area contributed by atoms with E-state index < -0.39 is 0 Å². The summed E-state index contributed by atoms with van der Waals surface area (Å²) in [6.45, 7) is 6.09. The molecule has 0 radical (unpaired) electrons. The molecule has 0 saturated heterocycles. The fraction of sp³-hybridized carbons (Fsp3) is 0.429. The molecule has 1 aromatic carbocycles. The highest BCUT2D eigenvalue weighted by atomic mass is 16.1. The SMILES string of the molecule is CCc1cccc(CC)c1NC(=O)c1ccc(NCCCN(C)C)nc1. The predicted octanol–water partition coefficient (Wildman–Crippen LogP) is 3.82. The van der Waals surface area contributed by atoms with Gasteiger partial charge < -0.3 is 15.5 Å². The first-order valence-corrected chi connectivity index (χ1v) is 9.31. The van der Waals surface area contributed by atoms with E-state index in [1.807, 2.05) is 18.2 Å². The Balaban J connectivity index is 2.00. The Morgan fingerprint density at radius 1 is 1.08 bits per heavy atom. The Morgan fingerprint density at radius 2 is 1.77 bits per heavy atom. The van der Waals surface area contributed by atoms with Gasteiger partial charge in [-0.05, 0) is 63.2 Å². The summed E-state index contributed by atoms with van der Waals surface area (Å²) in [5, 5.41) is 6.36. The molecule has 1 amide bonds. The topological polar surface area (TPSA) is 57.3 Å². The van der Waals surface area contributed by atoms with E-state index in [1.165, 1.54) is 0 Å². The first-order valence-electron chi connectivity index (χ1n) is 9.31. The van der Waals surface area contributed by atoms with Crippen molar-refractivity contribution in [2.24, 2.45) is 0 Å². The zero-order chi connectivity index (χ0) is 18.9. The van der Waals surface area contributed by atoms with Gasteiger partial charge in [0.25, 0.3) is 5.91 Å². The van der Waals surface area contributed by atoms with Crippen molar-refractivity contribution < 1.29 is 4.79 Å². The van der Waals surface area contributed by atoms with Gasteiger partial charge in [-0.1, -0.05) is 32.0 Å². The normalized spacial score (nSPS) is 10.8. The smallest absolute Gasteiger partial charge is 0.257 e. The van der Waals surface area contributed by atoms with Gasteiger partial charge in [0.05, 0.1) is 5.56 Å². The first kappa shape index (κ1) is 19.9. The molecule has 0 spiro atoms. The van der Waals surface area contributed by atoms with Crippen molar-refractivity contribution in [1.29, 1.82) is 0 Å². The van der Waals surface area contributed by atoms with Gasteiger partial charge in [-0.2, -0.15) is 0 Å². The van der Waals surface area contributed by atoms with Crippen LogP contribution < -0.4 is 10.6 Å². The lowest BCUT2D eigenvalue weighted by atomic mass is 10.0. The Morgan fingerprint density at radius 3 is 2.31 bits per heavy atom. The van der Waals surface area contributed by atoms with Crippen molar-refractivity contribution in [2.75, 3.05) is 37.8 Å². The average Bonchev–Trinajstić information content (AvgIpc) is 2.65. The molecule has 0 saturated carbocycles. The summed E-state index contributed by atoms with van der Waals surface area (Å²) >= 11 is 0. The van der Waals surface area contributed by atoms with Crippen LogP contribution >= 0.6 is 0 Å². The number of pyridine rings is 1. The number of carbonyl (C=O) groups excluding carboxylic acids is 1. The Labute approximate surface area is 156 Å². The fourth-order valence-electron chi connectivity index (χ4n) is 2.83. The second-order valence-electron chi connectivity index (χ2n) is 6.63. The number of rotatable bonds is 9. The number of nitrogens with one attached hydrogen (secondary N) is 2. The van der Waals surface area contributed by atoms with E-state index >= 15 is 0 Å². The third-order valence-electron chi connectivity index (χ3n) is 4.35.